The fourth-order valence-electron chi connectivity index (χ4n) is 6.68. The summed E-state index contributed by atoms with van der Waals surface area (Å²) < 4.78 is 25.6. The van der Waals surface area contributed by atoms with Crippen LogP contribution in [0.15, 0.2) is 36.5 Å². The number of benzene rings is 1. The first-order chi connectivity index (χ1) is 18.7. The summed E-state index contributed by atoms with van der Waals surface area (Å²) in [5.74, 6) is 0.674. The number of ether oxygens (including phenoxy) is 4. The second kappa shape index (κ2) is 13.1. The van der Waals surface area contributed by atoms with Gasteiger partial charge in [-0.2, -0.15) is 5.10 Å². The van der Waals surface area contributed by atoms with E-state index < -0.39 is 0 Å². The Morgan fingerprint density at radius 1 is 1.03 bits per heavy atom. The fourth-order valence-corrected chi connectivity index (χ4v) is 6.68. The average Bonchev–Trinajstić information content (AvgIpc) is 3.40. The molecule has 1 aliphatic carbocycles. The standard InChI is InChI=1S/C30H43N3O5/c1-35-20-24-19-31-33(28-12-6-7-18-37-28)29(24)26-11-8-17-32(30(34)36-2)27(26)21-38-25-15-13-23(14-16-25)22-9-4-3-5-10-22/h3-5,9-10,19,23,25-28H,6-8,11-18,20-21H2,1-2H3. The Labute approximate surface area is 226 Å². The first-order valence-electron chi connectivity index (χ1n) is 14.4. The zero-order valence-corrected chi connectivity index (χ0v) is 22.9. The zero-order valence-electron chi connectivity index (χ0n) is 22.9. The van der Waals surface area contributed by atoms with Crippen molar-refractivity contribution < 1.29 is 23.7 Å². The summed E-state index contributed by atoms with van der Waals surface area (Å²) in [4.78, 5) is 14.8. The third-order valence-corrected chi connectivity index (χ3v) is 8.63. The second-order valence-electron chi connectivity index (χ2n) is 11.0. The van der Waals surface area contributed by atoms with Gasteiger partial charge in [0.1, 0.15) is 6.23 Å². The minimum atomic E-state index is -0.288. The Hall–Kier alpha value is -2.42. The van der Waals surface area contributed by atoms with Gasteiger partial charge in [-0.15, -0.1) is 0 Å². The lowest BCUT2D eigenvalue weighted by molar-refractivity contribution is -0.0469. The molecule has 5 rings (SSSR count). The molecular weight excluding hydrogens is 482 g/mol. The first kappa shape index (κ1) is 27.2. The van der Waals surface area contributed by atoms with E-state index in [-0.39, 0.29) is 30.4 Å². The summed E-state index contributed by atoms with van der Waals surface area (Å²) in [5.41, 5.74) is 3.61. The molecule has 2 saturated heterocycles. The molecular formula is C30H43N3O5. The van der Waals surface area contributed by atoms with Crippen molar-refractivity contribution in [3.8, 4) is 0 Å². The van der Waals surface area contributed by atoms with Gasteiger partial charge in [0.15, 0.2) is 0 Å². The van der Waals surface area contributed by atoms with Gasteiger partial charge in [0.05, 0.1) is 44.4 Å². The van der Waals surface area contributed by atoms with Gasteiger partial charge >= 0.3 is 6.09 Å². The van der Waals surface area contributed by atoms with Crippen molar-refractivity contribution in [2.75, 3.05) is 34.0 Å². The van der Waals surface area contributed by atoms with Crippen LogP contribution in [0.4, 0.5) is 4.79 Å². The third-order valence-electron chi connectivity index (χ3n) is 8.63. The lowest BCUT2D eigenvalue weighted by Gasteiger charge is -2.42. The van der Waals surface area contributed by atoms with E-state index >= 15 is 0 Å². The lowest BCUT2D eigenvalue weighted by atomic mass is 9.82. The maximum Gasteiger partial charge on any atom is 0.409 e. The van der Waals surface area contributed by atoms with Crippen molar-refractivity contribution >= 4 is 6.09 Å². The Morgan fingerprint density at radius 2 is 1.84 bits per heavy atom. The van der Waals surface area contributed by atoms with Crippen molar-refractivity contribution in [2.45, 2.75) is 94.6 Å². The number of methoxy groups -OCH3 is 2. The van der Waals surface area contributed by atoms with Crippen LogP contribution in [0.1, 0.15) is 92.7 Å². The highest BCUT2D eigenvalue weighted by Gasteiger charge is 2.40. The molecule has 208 valence electrons. The largest absolute Gasteiger partial charge is 0.453 e. The summed E-state index contributed by atoms with van der Waals surface area (Å²) in [6.45, 7) is 2.39. The van der Waals surface area contributed by atoms with E-state index in [1.165, 1.54) is 12.7 Å². The van der Waals surface area contributed by atoms with Gasteiger partial charge in [0.25, 0.3) is 0 Å². The quantitative estimate of drug-likeness (QED) is 0.435. The smallest absolute Gasteiger partial charge is 0.409 e. The Morgan fingerprint density at radius 3 is 2.55 bits per heavy atom. The summed E-state index contributed by atoms with van der Waals surface area (Å²) in [5, 5.41) is 4.78. The number of nitrogens with zero attached hydrogens (tertiary/aromatic N) is 3. The molecule has 1 aromatic heterocycles. The van der Waals surface area contributed by atoms with Crippen LogP contribution in [-0.2, 0) is 25.6 Å². The molecule has 3 aliphatic rings. The van der Waals surface area contributed by atoms with Gasteiger partial charge in [0, 0.05) is 31.7 Å². The number of carbonyl (C=O) groups is 1. The number of piperidine rings is 1. The third kappa shape index (κ3) is 6.08. The minimum absolute atomic E-state index is 0.0710. The van der Waals surface area contributed by atoms with Gasteiger partial charge in [-0.25, -0.2) is 9.48 Å². The van der Waals surface area contributed by atoms with Crippen molar-refractivity contribution in [3.63, 3.8) is 0 Å². The number of hydrogen-bond donors (Lipinski definition) is 0. The molecule has 1 aromatic carbocycles. The number of hydrogen-bond acceptors (Lipinski definition) is 6. The SMILES string of the molecule is COCc1cnn(C2CCCCO2)c1C1CCCN(C(=O)OC)C1COC1CCC(c2ccccc2)CC1. The summed E-state index contributed by atoms with van der Waals surface area (Å²) in [7, 11) is 3.18. The van der Waals surface area contributed by atoms with Crippen molar-refractivity contribution in [1.29, 1.82) is 0 Å². The molecule has 3 unspecified atom stereocenters. The van der Waals surface area contributed by atoms with E-state index in [1.807, 2.05) is 11.1 Å². The predicted molar refractivity (Wildman–Crippen MR) is 144 cm³/mol. The summed E-state index contributed by atoms with van der Waals surface area (Å²) >= 11 is 0. The second-order valence-corrected chi connectivity index (χ2v) is 11.0. The van der Waals surface area contributed by atoms with Crippen LogP contribution in [0, 0.1) is 0 Å². The Bertz CT molecular complexity index is 1010. The Kier molecular flexibility index (Phi) is 9.35. The average molecular weight is 526 g/mol. The number of rotatable bonds is 8. The number of aromatic nitrogens is 2. The maximum absolute atomic E-state index is 12.9. The molecule has 0 radical (unpaired) electrons. The molecule has 0 bridgehead atoms. The van der Waals surface area contributed by atoms with Crippen LogP contribution in [0.2, 0.25) is 0 Å². The van der Waals surface area contributed by atoms with E-state index in [1.54, 1.807) is 7.11 Å². The van der Waals surface area contributed by atoms with E-state index in [4.69, 9.17) is 24.0 Å². The highest BCUT2D eigenvalue weighted by Crippen LogP contribution is 2.39. The molecule has 0 spiro atoms. The van der Waals surface area contributed by atoms with E-state index in [2.05, 4.69) is 35.0 Å². The van der Waals surface area contributed by atoms with E-state index in [0.717, 1.165) is 75.7 Å². The highest BCUT2D eigenvalue weighted by atomic mass is 16.5. The molecule has 8 nitrogen and oxygen atoms in total. The molecule has 8 heteroatoms. The number of amides is 1. The predicted octanol–water partition coefficient (Wildman–Crippen LogP) is 5.79. The van der Waals surface area contributed by atoms with Crippen LogP contribution in [0.25, 0.3) is 0 Å². The monoisotopic (exact) mass is 525 g/mol. The summed E-state index contributed by atoms with van der Waals surface area (Å²) in [6.07, 6.45) is 11.1. The van der Waals surface area contributed by atoms with Crippen LogP contribution in [0.3, 0.4) is 0 Å². The molecule has 38 heavy (non-hydrogen) atoms. The van der Waals surface area contributed by atoms with Gasteiger partial charge in [-0.3, -0.25) is 0 Å². The number of carbonyl (C=O) groups excluding carboxylic acids is 1. The van der Waals surface area contributed by atoms with E-state index in [9.17, 15) is 4.79 Å². The fraction of sp³-hybridized carbons (Fsp3) is 0.667. The summed E-state index contributed by atoms with van der Waals surface area (Å²) in [6, 6.07) is 10.7. The molecule has 1 amide bonds. The first-order valence-corrected chi connectivity index (χ1v) is 14.4. The van der Waals surface area contributed by atoms with E-state index in [0.29, 0.717) is 25.7 Å². The van der Waals surface area contributed by atoms with Gasteiger partial charge < -0.3 is 23.8 Å². The molecule has 3 atom stereocenters. The van der Waals surface area contributed by atoms with Crippen molar-refractivity contribution in [3.05, 3.63) is 53.3 Å². The zero-order chi connectivity index (χ0) is 26.3. The molecule has 2 aromatic rings. The van der Waals surface area contributed by atoms with Gasteiger partial charge in [0.2, 0.25) is 0 Å². The molecule has 3 heterocycles. The minimum Gasteiger partial charge on any atom is -0.453 e. The molecule has 2 aliphatic heterocycles. The van der Waals surface area contributed by atoms with Crippen LogP contribution >= 0.6 is 0 Å². The molecule has 3 fully saturated rings. The highest BCUT2D eigenvalue weighted by molar-refractivity contribution is 5.68. The molecule has 0 N–H and O–H groups in total. The lowest BCUT2D eigenvalue weighted by Crippen LogP contribution is -2.51. The van der Waals surface area contributed by atoms with Gasteiger partial charge in [-0.05, 0) is 69.3 Å². The van der Waals surface area contributed by atoms with Crippen LogP contribution in [-0.4, -0.2) is 66.9 Å². The maximum atomic E-state index is 12.9. The van der Waals surface area contributed by atoms with Gasteiger partial charge in [-0.1, -0.05) is 30.3 Å². The van der Waals surface area contributed by atoms with Crippen LogP contribution in [0.5, 0.6) is 0 Å². The van der Waals surface area contributed by atoms with Crippen molar-refractivity contribution in [2.24, 2.45) is 0 Å². The number of likely N-dealkylation sites (tertiary alicyclic amines) is 1. The Balaban J connectivity index is 1.34. The van der Waals surface area contributed by atoms with Crippen LogP contribution < -0.4 is 0 Å². The van der Waals surface area contributed by atoms with Crippen molar-refractivity contribution in [1.82, 2.24) is 14.7 Å². The molecule has 1 saturated carbocycles. The normalized spacial score (nSPS) is 28.3. The topological polar surface area (TPSA) is 75.1 Å².